The van der Waals surface area contributed by atoms with E-state index in [0.29, 0.717) is 11.1 Å². The average Bonchev–Trinajstić information content (AvgIpc) is 2.67. The number of carbonyl (C=O) groups excluding carboxylic acids is 5. The molecule has 0 saturated heterocycles. The molecule has 0 aliphatic heterocycles. The average molecular weight is 392 g/mol. The number of nitrogens with zero attached hydrogens (tertiary/aromatic N) is 2. The summed E-state index contributed by atoms with van der Waals surface area (Å²) >= 11 is 0. The molecule has 0 saturated carbocycles. The van der Waals surface area contributed by atoms with E-state index in [-0.39, 0.29) is 16.4 Å². The zero-order valence-electron chi connectivity index (χ0n) is 15.4. The molecule has 0 bridgehead atoms. The quantitative estimate of drug-likeness (QED) is 0.503. The molecule has 0 aromatic heterocycles. The molecule has 11 heteroatoms. The first-order chi connectivity index (χ1) is 13.1. The summed E-state index contributed by atoms with van der Waals surface area (Å²) in [5, 5.41) is 2.59. The molecule has 28 heavy (non-hydrogen) atoms. The number of amides is 4. The summed E-state index contributed by atoms with van der Waals surface area (Å²) in [7, 11) is 0. The van der Waals surface area contributed by atoms with E-state index in [0.717, 1.165) is 18.5 Å². The third kappa shape index (κ3) is 7.82. The van der Waals surface area contributed by atoms with Gasteiger partial charge in [-0.1, -0.05) is 26.3 Å². The molecule has 0 atom stereocenters. The highest BCUT2D eigenvalue weighted by Crippen LogP contribution is 2.06. The van der Waals surface area contributed by atoms with Crippen LogP contribution in [0.15, 0.2) is 62.0 Å². The molecule has 4 amide bonds. The fraction of sp³-hybridized carbons (Fsp3) is 0.118. The number of hydrogen-bond acceptors (Lipinski definition) is 7. The van der Waals surface area contributed by atoms with Gasteiger partial charge in [0, 0.05) is 29.3 Å². The molecule has 0 aliphatic rings. The summed E-state index contributed by atoms with van der Waals surface area (Å²) in [5.74, 6) is -3.65. The van der Waals surface area contributed by atoms with Crippen LogP contribution in [0.5, 0.6) is 0 Å². The van der Waals surface area contributed by atoms with E-state index in [2.05, 4.69) is 46.7 Å². The Balaban J connectivity index is 5.47. The molecule has 0 fully saturated rings. The number of rotatable bonds is 6. The van der Waals surface area contributed by atoms with Crippen molar-refractivity contribution >= 4 is 29.8 Å². The van der Waals surface area contributed by atoms with E-state index >= 15 is 0 Å². The first kappa shape index (κ1) is 23.9. The van der Waals surface area contributed by atoms with Gasteiger partial charge in [-0.25, -0.2) is 19.4 Å². The van der Waals surface area contributed by atoms with E-state index in [1.54, 1.807) is 0 Å². The number of hydroxylamine groups is 2. The Morgan fingerprint density at radius 3 is 2.04 bits per heavy atom. The summed E-state index contributed by atoms with van der Waals surface area (Å²) in [5.41, 5.74) is 1.97. The second-order valence-electron chi connectivity index (χ2n) is 4.85. The predicted molar refractivity (Wildman–Crippen MR) is 96.7 cm³/mol. The summed E-state index contributed by atoms with van der Waals surface area (Å²) < 4.78 is 0. The Kier molecular flexibility index (Phi) is 9.76. The molecule has 0 heterocycles. The summed E-state index contributed by atoms with van der Waals surface area (Å²) in [6.45, 7) is 15.7. The van der Waals surface area contributed by atoms with Crippen molar-refractivity contribution in [1.82, 2.24) is 21.0 Å². The SMILES string of the molecule is C=CC(=O)NC=C(C)C(=O)ON(OC(=O)C=C)C(=O)N(C=C)NC(=O)C(=C)C. The number of carbonyl (C=O) groups is 5. The zero-order chi connectivity index (χ0) is 21.9. The van der Waals surface area contributed by atoms with Crippen LogP contribution < -0.4 is 10.7 Å². The minimum absolute atomic E-state index is 0.0584. The molecule has 0 rings (SSSR count). The topological polar surface area (TPSA) is 134 Å². The van der Waals surface area contributed by atoms with Crippen LogP contribution in [-0.2, 0) is 28.9 Å². The van der Waals surface area contributed by atoms with E-state index in [1.165, 1.54) is 13.8 Å². The molecule has 150 valence electrons. The minimum atomic E-state index is -1.31. The van der Waals surface area contributed by atoms with E-state index in [4.69, 9.17) is 0 Å². The van der Waals surface area contributed by atoms with Gasteiger partial charge in [0.15, 0.2) is 0 Å². The molecular weight excluding hydrogens is 372 g/mol. The van der Waals surface area contributed by atoms with Gasteiger partial charge in [-0.3, -0.25) is 24.7 Å². The lowest BCUT2D eigenvalue weighted by Gasteiger charge is -2.24. The Morgan fingerprint density at radius 1 is 0.964 bits per heavy atom. The van der Waals surface area contributed by atoms with E-state index in [9.17, 15) is 24.0 Å². The van der Waals surface area contributed by atoms with Crippen LogP contribution in [0, 0.1) is 0 Å². The lowest BCUT2D eigenvalue weighted by atomic mass is 10.3. The lowest BCUT2D eigenvalue weighted by molar-refractivity contribution is -0.288. The third-order valence-electron chi connectivity index (χ3n) is 2.60. The molecular formula is C17H20N4O7. The summed E-state index contributed by atoms with van der Waals surface area (Å²) in [6.07, 6.45) is 3.51. The van der Waals surface area contributed by atoms with Crippen LogP contribution >= 0.6 is 0 Å². The highest BCUT2D eigenvalue weighted by molar-refractivity contribution is 5.94. The van der Waals surface area contributed by atoms with E-state index < -0.39 is 29.8 Å². The van der Waals surface area contributed by atoms with Crippen molar-refractivity contribution in [2.24, 2.45) is 0 Å². The Morgan fingerprint density at radius 2 is 1.57 bits per heavy atom. The van der Waals surface area contributed by atoms with Gasteiger partial charge in [0.25, 0.3) is 5.91 Å². The van der Waals surface area contributed by atoms with Crippen molar-refractivity contribution in [2.75, 3.05) is 0 Å². The fourth-order valence-electron chi connectivity index (χ4n) is 1.12. The minimum Gasteiger partial charge on any atom is -0.329 e. The van der Waals surface area contributed by atoms with Crippen molar-refractivity contribution < 1.29 is 33.6 Å². The Hall–Kier alpha value is -4.15. The second kappa shape index (κ2) is 11.5. The summed E-state index contributed by atoms with van der Waals surface area (Å²) in [6, 6.07) is -1.31. The second-order valence-corrected chi connectivity index (χ2v) is 4.85. The van der Waals surface area contributed by atoms with Gasteiger partial charge in [0.1, 0.15) is 0 Å². The molecule has 11 nitrogen and oxygen atoms in total. The van der Waals surface area contributed by atoms with Crippen LogP contribution in [-0.4, -0.2) is 40.0 Å². The third-order valence-corrected chi connectivity index (χ3v) is 2.60. The van der Waals surface area contributed by atoms with Crippen molar-refractivity contribution in [3.63, 3.8) is 0 Å². The van der Waals surface area contributed by atoms with Gasteiger partial charge in [-0.05, 0) is 19.9 Å². The number of nitrogens with one attached hydrogen (secondary N) is 2. The van der Waals surface area contributed by atoms with Gasteiger partial charge in [-0.2, -0.15) is 0 Å². The number of hydrazine groups is 1. The van der Waals surface area contributed by atoms with Crippen LogP contribution in [0.25, 0.3) is 0 Å². The smallest absolute Gasteiger partial charge is 0.329 e. The Bertz CT molecular complexity index is 755. The number of urea groups is 1. The molecule has 0 aromatic rings. The predicted octanol–water partition coefficient (Wildman–Crippen LogP) is 0.770. The van der Waals surface area contributed by atoms with Crippen LogP contribution in [0.4, 0.5) is 4.79 Å². The molecule has 0 unspecified atom stereocenters. The first-order valence-electron chi connectivity index (χ1n) is 7.46. The van der Waals surface area contributed by atoms with Crippen molar-refractivity contribution in [3.8, 4) is 0 Å². The van der Waals surface area contributed by atoms with Crippen molar-refractivity contribution in [3.05, 3.63) is 62.0 Å². The maximum Gasteiger partial charge on any atom is 0.413 e. The molecule has 0 spiro atoms. The van der Waals surface area contributed by atoms with Crippen molar-refractivity contribution in [2.45, 2.75) is 13.8 Å². The molecule has 0 aliphatic carbocycles. The monoisotopic (exact) mass is 392 g/mol. The normalized spacial score (nSPS) is 9.86. The summed E-state index contributed by atoms with van der Waals surface area (Å²) in [4.78, 5) is 67.9. The van der Waals surface area contributed by atoms with Gasteiger partial charge in [0.05, 0.1) is 5.57 Å². The first-order valence-corrected chi connectivity index (χ1v) is 7.46. The Labute approximate surface area is 161 Å². The van der Waals surface area contributed by atoms with E-state index in [1.807, 2.05) is 0 Å². The van der Waals surface area contributed by atoms with Crippen molar-refractivity contribution in [1.29, 1.82) is 0 Å². The lowest BCUT2D eigenvalue weighted by Crippen LogP contribution is -2.50. The number of hydrogen-bond donors (Lipinski definition) is 2. The highest BCUT2D eigenvalue weighted by Gasteiger charge is 2.29. The molecule has 0 radical (unpaired) electrons. The van der Waals surface area contributed by atoms with Crippen LogP contribution in [0.2, 0.25) is 0 Å². The standard InChI is InChI=1S/C17H20N4O7/c1-7-13(22)18-10-12(6)16(25)28-21(27-14(23)8-2)17(26)20(9-3)19-15(24)11(4)5/h7-10H,1-4H2,5-6H3,(H,18,22)(H,19,24). The maximum atomic E-state index is 12.4. The fourth-order valence-corrected chi connectivity index (χ4v) is 1.12. The largest absolute Gasteiger partial charge is 0.413 e. The highest BCUT2D eigenvalue weighted by atomic mass is 17.0. The van der Waals surface area contributed by atoms with Gasteiger partial charge < -0.3 is 5.32 Å². The zero-order valence-corrected chi connectivity index (χ0v) is 15.4. The van der Waals surface area contributed by atoms with Gasteiger partial charge >= 0.3 is 18.0 Å². The van der Waals surface area contributed by atoms with Gasteiger partial charge in [0.2, 0.25) is 5.91 Å². The van der Waals surface area contributed by atoms with Crippen LogP contribution in [0.1, 0.15) is 13.8 Å². The van der Waals surface area contributed by atoms with Gasteiger partial charge in [-0.15, -0.1) is 0 Å². The molecule has 2 N–H and O–H groups in total. The molecule has 0 aromatic carbocycles. The maximum absolute atomic E-state index is 12.4. The van der Waals surface area contributed by atoms with Crippen LogP contribution in [0.3, 0.4) is 0 Å².